The Morgan fingerprint density at radius 1 is 1.26 bits per heavy atom. The standard InChI is InChI=1S/C18H20BrN3O5/c1-18(2,3)15-14(25)13(16(26)20-8-12(23)24)17(27)22(21-15)9-10-6-4-5-7-11(10)19/h4-7,25H,8-9H2,1-3H3,(H,20,26)(H,23,24). The number of benzene rings is 1. The molecule has 0 unspecified atom stereocenters. The highest BCUT2D eigenvalue weighted by atomic mass is 79.9. The molecule has 0 aliphatic rings. The average Bonchev–Trinajstić information content (AvgIpc) is 2.56. The molecule has 0 atom stereocenters. The maximum atomic E-state index is 12.8. The number of carbonyl (C=O) groups is 2. The van der Waals surface area contributed by atoms with Gasteiger partial charge >= 0.3 is 5.97 Å². The Balaban J connectivity index is 2.62. The average molecular weight is 438 g/mol. The van der Waals surface area contributed by atoms with Crippen molar-refractivity contribution < 1.29 is 19.8 Å². The van der Waals surface area contributed by atoms with Gasteiger partial charge in [-0.3, -0.25) is 14.4 Å². The van der Waals surface area contributed by atoms with Crippen molar-refractivity contribution in [1.29, 1.82) is 0 Å². The van der Waals surface area contributed by atoms with Gasteiger partial charge in [-0.25, -0.2) is 4.68 Å². The van der Waals surface area contributed by atoms with Crippen LogP contribution >= 0.6 is 15.9 Å². The predicted molar refractivity (Wildman–Crippen MR) is 102 cm³/mol. The second-order valence-electron chi connectivity index (χ2n) is 6.95. The number of hydrogen-bond acceptors (Lipinski definition) is 5. The van der Waals surface area contributed by atoms with Gasteiger partial charge in [0.15, 0.2) is 5.75 Å². The summed E-state index contributed by atoms with van der Waals surface area (Å²) in [6.45, 7) is 4.74. The predicted octanol–water partition coefficient (Wildman–Crippen LogP) is 1.87. The van der Waals surface area contributed by atoms with Crippen LogP contribution in [0.15, 0.2) is 33.5 Å². The molecule has 2 aromatic rings. The molecule has 0 fully saturated rings. The minimum Gasteiger partial charge on any atom is -0.505 e. The number of carboxylic acids is 1. The topological polar surface area (TPSA) is 122 Å². The minimum atomic E-state index is -1.26. The zero-order chi connectivity index (χ0) is 20.4. The molecule has 0 aliphatic heterocycles. The second-order valence-corrected chi connectivity index (χ2v) is 7.81. The van der Waals surface area contributed by atoms with Crippen LogP contribution < -0.4 is 10.9 Å². The summed E-state index contributed by atoms with van der Waals surface area (Å²) in [7, 11) is 0. The fraction of sp³-hybridized carbons (Fsp3) is 0.333. The van der Waals surface area contributed by atoms with Crippen molar-refractivity contribution in [2.75, 3.05) is 6.54 Å². The van der Waals surface area contributed by atoms with E-state index < -0.39 is 40.7 Å². The molecule has 0 saturated carbocycles. The fourth-order valence-electron chi connectivity index (χ4n) is 2.41. The Bertz CT molecular complexity index is 947. The first-order chi connectivity index (χ1) is 12.5. The maximum Gasteiger partial charge on any atom is 0.322 e. The first-order valence-electron chi connectivity index (χ1n) is 8.10. The van der Waals surface area contributed by atoms with Crippen molar-refractivity contribution in [3.05, 3.63) is 55.9 Å². The number of halogens is 1. The highest BCUT2D eigenvalue weighted by Crippen LogP contribution is 2.30. The van der Waals surface area contributed by atoms with Gasteiger partial charge < -0.3 is 15.5 Å². The molecule has 8 nitrogen and oxygen atoms in total. The molecule has 3 N–H and O–H groups in total. The number of aromatic nitrogens is 2. The molecule has 1 amide bonds. The minimum absolute atomic E-state index is 0.0722. The van der Waals surface area contributed by atoms with E-state index in [1.54, 1.807) is 32.9 Å². The van der Waals surface area contributed by atoms with E-state index in [9.17, 15) is 19.5 Å². The van der Waals surface area contributed by atoms with Gasteiger partial charge in [-0.15, -0.1) is 0 Å². The van der Waals surface area contributed by atoms with E-state index in [1.807, 2.05) is 12.1 Å². The van der Waals surface area contributed by atoms with Crippen molar-refractivity contribution >= 4 is 27.8 Å². The van der Waals surface area contributed by atoms with Gasteiger partial charge in [-0.05, 0) is 11.6 Å². The van der Waals surface area contributed by atoms with E-state index in [2.05, 4.69) is 26.3 Å². The third kappa shape index (κ3) is 4.73. The van der Waals surface area contributed by atoms with Gasteiger partial charge in [0.1, 0.15) is 17.8 Å². The molecule has 1 aromatic carbocycles. The van der Waals surface area contributed by atoms with E-state index in [4.69, 9.17) is 5.11 Å². The van der Waals surface area contributed by atoms with E-state index in [0.717, 1.165) is 14.7 Å². The molecule has 0 spiro atoms. The Kier molecular flexibility index (Phi) is 6.04. The normalized spacial score (nSPS) is 11.3. The van der Waals surface area contributed by atoms with Crippen LogP contribution in [-0.2, 0) is 16.8 Å². The van der Waals surface area contributed by atoms with Gasteiger partial charge in [0.05, 0.1) is 6.54 Å². The Labute approximate surface area is 164 Å². The van der Waals surface area contributed by atoms with Gasteiger partial charge in [0.25, 0.3) is 11.5 Å². The zero-order valence-electron chi connectivity index (χ0n) is 15.1. The fourth-order valence-corrected chi connectivity index (χ4v) is 2.82. The van der Waals surface area contributed by atoms with Crippen LogP contribution in [0.4, 0.5) is 0 Å². The summed E-state index contributed by atoms with van der Waals surface area (Å²) in [4.78, 5) is 35.8. The molecule has 144 valence electrons. The van der Waals surface area contributed by atoms with E-state index in [-0.39, 0.29) is 12.2 Å². The molecule has 0 saturated heterocycles. The number of aliphatic carboxylic acids is 1. The quantitative estimate of drug-likeness (QED) is 0.656. The number of aromatic hydroxyl groups is 1. The molecule has 2 rings (SSSR count). The van der Waals surface area contributed by atoms with Crippen molar-refractivity contribution in [2.45, 2.75) is 32.7 Å². The number of carbonyl (C=O) groups excluding carboxylic acids is 1. The Morgan fingerprint density at radius 2 is 1.89 bits per heavy atom. The first-order valence-corrected chi connectivity index (χ1v) is 8.89. The third-order valence-corrected chi connectivity index (χ3v) is 4.52. The van der Waals surface area contributed by atoms with E-state index in [1.165, 1.54) is 0 Å². The van der Waals surface area contributed by atoms with Gasteiger partial charge in [0.2, 0.25) is 0 Å². The maximum absolute atomic E-state index is 12.8. The molecule has 1 heterocycles. The first kappa shape index (κ1) is 20.6. The molecule has 1 aromatic heterocycles. The SMILES string of the molecule is CC(C)(C)c1nn(Cc2ccccc2Br)c(=O)c(C(=O)NCC(=O)O)c1O. The van der Waals surface area contributed by atoms with E-state index in [0.29, 0.717) is 0 Å². The van der Waals surface area contributed by atoms with Crippen LogP contribution in [0.3, 0.4) is 0 Å². The summed E-state index contributed by atoms with van der Waals surface area (Å²) in [5.41, 5.74) is -1.07. The van der Waals surface area contributed by atoms with Crippen LogP contribution in [0.1, 0.15) is 42.4 Å². The van der Waals surface area contributed by atoms with Gasteiger partial charge in [0, 0.05) is 9.89 Å². The zero-order valence-corrected chi connectivity index (χ0v) is 16.7. The third-order valence-electron chi connectivity index (χ3n) is 3.75. The molecular formula is C18H20BrN3O5. The van der Waals surface area contributed by atoms with Gasteiger partial charge in [-0.1, -0.05) is 54.9 Å². The smallest absolute Gasteiger partial charge is 0.322 e. The summed E-state index contributed by atoms with van der Waals surface area (Å²) in [6, 6.07) is 7.24. The lowest BCUT2D eigenvalue weighted by Gasteiger charge is -2.22. The monoisotopic (exact) mass is 437 g/mol. The number of amides is 1. The van der Waals surface area contributed by atoms with Crippen LogP contribution in [0.25, 0.3) is 0 Å². The van der Waals surface area contributed by atoms with Crippen LogP contribution in [0, 0.1) is 0 Å². The summed E-state index contributed by atoms with van der Waals surface area (Å²) >= 11 is 3.40. The number of carboxylic acid groups (broad SMARTS) is 1. The lowest BCUT2D eigenvalue weighted by Crippen LogP contribution is -2.38. The molecule has 0 radical (unpaired) electrons. The highest BCUT2D eigenvalue weighted by Gasteiger charge is 2.29. The summed E-state index contributed by atoms with van der Waals surface area (Å²) in [5.74, 6) is -2.77. The molecule has 0 bridgehead atoms. The summed E-state index contributed by atoms with van der Waals surface area (Å²) in [6.07, 6.45) is 0. The van der Waals surface area contributed by atoms with Crippen molar-refractivity contribution in [1.82, 2.24) is 15.1 Å². The summed E-state index contributed by atoms with van der Waals surface area (Å²) < 4.78 is 1.86. The summed E-state index contributed by atoms with van der Waals surface area (Å²) in [5, 5.41) is 25.6. The lowest BCUT2D eigenvalue weighted by molar-refractivity contribution is -0.135. The van der Waals surface area contributed by atoms with Crippen LogP contribution in [0.2, 0.25) is 0 Å². The molecular weight excluding hydrogens is 418 g/mol. The lowest BCUT2D eigenvalue weighted by atomic mass is 9.90. The number of rotatable bonds is 5. The van der Waals surface area contributed by atoms with Crippen molar-refractivity contribution in [2.24, 2.45) is 0 Å². The Hall–Kier alpha value is -2.68. The van der Waals surface area contributed by atoms with Crippen molar-refractivity contribution in [3.8, 4) is 5.75 Å². The highest BCUT2D eigenvalue weighted by molar-refractivity contribution is 9.10. The number of nitrogens with zero attached hydrogens (tertiary/aromatic N) is 2. The molecule has 0 aliphatic carbocycles. The number of hydrogen-bond donors (Lipinski definition) is 3. The van der Waals surface area contributed by atoms with E-state index >= 15 is 0 Å². The van der Waals surface area contributed by atoms with Crippen LogP contribution in [-0.4, -0.2) is 38.4 Å². The largest absolute Gasteiger partial charge is 0.505 e. The number of nitrogens with one attached hydrogen (secondary N) is 1. The Morgan fingerprint density at radius 3 is 2.44 bits per heavy atom. The van der Waals surface area contributed by atoms with Crippen molar-refractivity contribution in [3.63, 3.8) is 0 Å². The molecule has 9 heteroatoms. The van der Waals surface area contributed by atoms with Gasteiger partial charge in [-0.2, -0.15) is 5.10 Å². The second kappa shape index (κ2) is 7.91. The molecule has 27 heavy (non-hydrogen) atoms. The van der Waals surface area contributed by atoms with Crippen LogP contribution in [0.5, 0.6) is 5.75 Å².